The highest BCUT2D eigenvalue weighted by molar-refractivity contribution is 7.10. The summed E-state index contributed by atoms with van der Waals surface area (Å²) in [4.78, 5) is 10.6. The summed E-state index contributed by atoms with van der Waals surface area (Å²) in [7, 11) is 0. The largest absolute Gasteiger partial charge is 0.316 e. The molecule has 1 aromatic rings. The van der Waals surface area contributed by atoms with Crippen LogP contribution < -0.4 is 5.32 Å². The molecule has 5 heteroatoms. The predicted molar refractivity (Wildman–Crippen MR) is 45.9 cm³/mol. The van der Waals surface area contributed by atoms with E-state index in [1.807, 2.05) is 6.07 Å². The van der Waals surface area contributed by atoms with E-state index >= 15 is 0 Å². The SMILES string of the molecule is CC(=O)Nc1snc(C)c1C#N. The predicted octanol–water partition coefficient (Wildman–Crippen LogP) is 1.28. The molecule has 0 atom stereocenters. The van der Waals surface area contributed by atoms with Crippen LogP contribution in [0.5, 0.6) is 0 Å². The second kappa shape index (κ2) is 3.32. The molecule has 1 amide bonds. The number of carbonyl (C=O) groups is 1. The van der Waals surface area contributed by atoms with Crippen LogP contribution in [-0.4, -0.2) is 10.3 Å². The summed E-state index contributed by atoms with van der Waals surface area (Å²) in [6.45, 7) is 3.14. The molecule has 0 aliphatic carbocycles. The Kier molecular flexibility index (Phi) is 2.41. The van der Waals surface area contributed by atoms with Crippen LogP contribution >= 0.6 is 11.5 Å². The van der Waals surface area contributed by atoms with Crippen molar-refractivity contribution in [2.45, 2.75) is 13.8 Å². The van der Waals surface area contributed by atoms with Crippen molar-refractivity contribution in [1.29, 1.82) is 5.26 Å². The smallest absolute Gasteiger partial charge is 0.221 e. The number of hydrogen-bond acceptors (Lipinski definition) is 4. The molecular weight excluding hydrogens is 174 g/mol. The molecule has 0 bridgehead atoms. The van der Waals surface area contributed by atoms with E-state index in [0.29, 0.717) is 16.3 Å². The highest BCUT2D eigenvalue weighted by Gasteiger charge is 2.10. The molecule has 0 saturated heterocycles. The quantitative estimate of drug-likeness (QED) is 0.709. The van der Waals surface area contributed by atoms with Crippen molar-refractivity contribution in [3.63, 3.8) is 0 Å². The Morgan fingerprint density at radius 1 is 1.75 bits per heavy atom. The lowest BCUT2D eigenvalue weighted by molar-refractivity contribution is -0.114. The van der Waals surface area contributed by atoms with Gasteiger partial charge in [0.15, 0.2) is 0 Å². The molecule has 0 saturated carbocycles. The molecule has 1 aromatic heterocycles. The number of aryl methyl sites for hydroxylation is 1. The van der Waals surface area contributed by atoms with Crippen LogP contribution in [0.4, 0.5) is 5.00 Å². The zero-order valence-corrected chi connectivity index (χ0v) is 7.53. The minimum absolute atomic E-state index is 0.185. The first-order valence-corrected chi connectivity index (χ1v) is 4.06. The number of rotatable bonds is 1. The Morgan fingerprint density at radius 3 is 2.92 bits per heavy atom. The van der Waals surface area contributed by atoms with Crippen LogP contribution in [0.2, 0.25) is 0 Å². The summed E-state index contributed by atoms with van der Waals surface area (Å²) < 4.78 is 3.94. The third-order valence-electron chi connectivity index (χ3n) is 1.26. The van der Waals surface area contributed by atoms with Gasteiger partial charge in [-0.25, -0.2) is 0 Å². The van der Waals surface area contributed by atoms with Crippen LogP contribution in [0.25, 0.3) is 0 Å². The van der Waals surface area contributed by atoms with E-state index in [-0.39, 0.29) is 5.91 Å². The number of carbonyl (C=O) groups excluding carboxylic acids is 1. The molecule has 0 aromatic carbocycles. The molecule has 0 aliphatic rings. The molecule has 0 spiro atoms. The van der Waals surface area contributed by atoms with Gasteiger partial charge in [0.1, 0.15) is 16.6 Å². The Balaban J connectivity index is 3.01. The summed E-state index contributed by atoms with van der Waals surface area (Å²) in [5.41, 5.74) is 1.11. The molecule has 4 nitrogen and oxygen atoms in total. The Hall–Kier alpha value is -1.41. The van der Waals surface area contributed by atoms with Crippen LogP contribution in [0, 0.1) is 18.3 Å². The van der Waals surface area contributed by atoms with Crippen molar-refractivity contribution in [3.8, 4) is 6.07 Å². The van der Waals surface area contributed by atoms with Crippen molar-refractivity contribution in [3.05, 3.63) is 11.3 Å². The summed E-state index contributed by atoms with van der Waals surface area (Å²) >= 11 is 1.12. The third kappa shape index (κ3) is 1.60. The number of nitrogens with one attached hydrogen (secondary N) is 1. The van der Waals surface area contributed by atoms with Gasteiger partial charge in [0, 0.05) is 6.92 Å². The second-order valence-electron chi connectivity index (χ2n) is 2.27. The maximum Gasteiger partial charge on any atom is 0.221 e. The van der Waals surface area contributed by atoms with E-state index in [9.17, 15) is 4.79 Å². The Bertz CT molecular complexity index is 350. The Morgan fingerprint density at radius 2 is 2.42 bits per heavy atom. The average molecular weight is 181 g/mol. The minimum atomic E-state index is -0.185. The van der Waals surface area contributed by atoms with E-state index in [4.69, 9.17) is 5.26 Å². The molecule has 0 fully saturated rings. The number of anilines is 1. The zero-order chi connectivity index (χ0) is 9.14. The lowest BCUT2D eigenvalue weighted by Crippen LogP contribution is -2.05. The van der Waals surface area contributed by atoms with Gasteiger partial charge in [-0.1, -0.05) is 0 Å². The van der Waals surface area contributed by atoms with Crippen LogP contribution in [0.3, 0.4) is 0 Å². The number of hydrogen-bond donors (Lipinski definition) is 1. The normalized spacial score (nSPS) is 9.08. The van der Waals surface area contributed by atoms with Gasteiger partial charge in [0.25, 0.3) is 0 Å². The van der Waals surface area contributed by atoms with Crippen LogP contribution in [0.15, 0.2) is 0 Å². The number of nitriles is 1. The molecule has 0 unspecified atom stereocenters. The zero-order valence-electron chi connectivity index (χ0n) is 6.71. The van der Waals surface area contributed by atoms with Gasteiger partial charge < -0.3 is 5.32 Å². The van der Waals surface area contributed by atoms with Crippen molar-refractivity contribution in [1.82, 2.24) is 4.37 Å². The number of aromatic nitrogens is 1. The fourth-order valence-electron chi connectivity index (χ4n) is 0.747. The summed E-state index contributed by atoms with van der Waals surface area (Å²) in [6.07, 6.45) is 0. The fourth-order valence-corrected chi connectivity index (χ4v) is 1.54. The first kappa shape index (κ1) is 8.68. The van der Waals surface area contributed by atoms with Crippen molar-refractivity contribution >= 4 is 22.4 Å². The van der Waals surface area contributed by atoms with Gasteiger partial charge in [-0.2, -0.15) is 9.64 Å². The summed E-state index contributed by atoms with van der Waals surface area (Å²) in [5.74, 6) is -0.185. The third-order valence-corrected chi connectivity index (χ3v) is 2.12. The molecule has 0 radical (unpaired) electrons. The van der Waals surface area contributed by atoms with Crippen molar-refractivity contribution < 1.29 is 4.79 Å². The van der Waals surface area contributed by atoms with E-state index in [1.54, 1.807) is 6.92 Å². The topological polar surface area (TPSA) is 65.8 Å². The van der Waals surface area contributed by atoms with Crippen molar-refractivity contribution in [2.24, 2.45) is 0 Å². The fraction of sp³-hybridized carbons (Fsp3) is 0.286. The van der Waals surface area contributed by atoms with Gasteiger partial charge in [-0.3, -0.25) is 4.79 Å². The molecule has 1 heterocycles. The van der Waals surface area contributed by atoms with E-state index in [0.717, 1.165) is 11.5 Å². The number of nitrogens with zero attached hydrogens (tertiary/aromatic N) is 2. The first-order valence-electron chi connectivity index (χ1n) is 3.29. The number of amides is 1. The highest BCUT2D eigenvalue weighted by atomic mass is 32.1. The summed E-state index contributed by atoms with van der Waals surface area (Å²) in [5, 5.41) is 11.7. The molecule has 1 N–H and O–H groups in total. The van der Waals surface area contributed by atoms with Crippen LogP contribution in [0.1, 0.15) is 18.2 Å². The van der Waals surface area contributed by atoms with Gasteiger partial charge in [0.05, 0.1) is 5.69 Å². The maximum atomic E-state index is 10.6. The summed E-state index contributed by atoms with van der Waals surface area (Å²) in [6, 6.07) is 1.98. The van der Waals surface area contributed by atoms with E-state index in [1.165, 1.54) is 6.92 Å². The highest BCUT2D eigenvalue weighted by Crippen LogP contribution is 2.22. The molecule has 1 rings (SSSR count). The minimum Gasteiger partial charge on any atom is -0.316 e. The second-order valence-corrected chi connectivity index (χ2v) is 3.04. The molecule has 12 heavy (non-hydrogen) atoms. The standard InChI is InChI=1S/C7H7N3OS/c1-4-6(3-8)7(12-10-4)9-5(2)11/h1-2H3,(H,9,11). The van der Waals surface area contributed by atoms with Gasteiger partial charge in [-0.05, 0) is 18.5 Å². The molecule has 0 aliphatic heterocycles. The van der Waals surface area contributed by atoms with Gasteiger partial charge in [0.2, 0.25) is 5.91 Å². The van der Waals surface area contributed by atoms with E-state index in [2.05, 4.69) is 9.69 Å². The van der Waals surface area contributed by atoms with Crippen molar-refractivity contribution in [2.75, 3.05) is 5.32 Å². The molecular formula is C7H7N3OS. The monoisotopic (exact) mass is 181 g/mol. The average Bonchev–Trinajstić information content (AvgIpc) is 2.30. The van der Waals surface area contributed by atoms with Gasteiger partial charge in [-0.15, -0.1) is 0 Å². The lowest BCUT2D eigenvalue weighted by atomic mass is 10.3. The lowest BCUT2D eigenvalue weighted by Gasteiger charge is -1.95. The van der Waals surface area contributed by atoms with E-state index < -0.39 is 0 Å². The van der Waals surface area contributed by atoms with Crippen LogP contribution in [-0.2, 0) is 4.79 Å². The van der Waals surface area contributed by atoms with Gasteiger partial charge >= 0.3 is 0 Å². The molecule has 62 valence electrons. The maximum absolute atomic E-state index is 10.6. The first-order chi connectivity index (χ1) is 5.65. The Labute approximate surface area is 74.0 Å².